The van der Waals surface area contributed by atoms with E-state index in [-0.39, 0.29) is 55.6 Å². The van der Waals surface area contributed by atoms with Crippen molar-refractivity contribution in [3.05, 3.63) is 40.2 Å². The van der Waals surface area contributed by atoms with Crippen LogP contribution >= 0.6 is 0 Å². The molecule has 1 N–H and O–H groups in total. The zero-order chi connectivity index (χ0) is 27.2. The van der Waals surface area contributed by atoms with E-state index in [1.165, 1.54) is 0 Å². The number of hydrogen-bond donors (Lipinski definition) is 1. The largest absolute Gasteiger partial charge is 0.435 e. The molecule has 2 aliphatic rings. The number of H-pyrrole nitrogens is 1. The number of alkyl halides is 6. The quantitative estimate of drug-likeness (QED) is 0.352. The van der Waals surface area contributed by atoms with E-state index in [1.807, 2.05) is 5.10 Å². The summed E-state index contributed by atoms with van der Waals surface area (Å²) in [6, 6.07) is -0.209. The first kappa shape index (κ1) is 25.9. The molecule has 0 saturated carbocycles. The van der Waals surface area contributed by atoms with E-state index in [0.717, 1.165) is 23.3 Å². The molecular formula is C21H20F6N8O3. The first-order chi connectivity index (χ1) is 17.9. The third-order valence-electron chi connectivity index (χ3n) is 6.59. The van der Waals surface area contributed by atoms with Crippen molar-refractivity contribution < 1.29 is 35.9 Å². The number of halogens is 6. The Balaban J connectivity index is 1.10. The molecule has 204 valence electrons. The predicted molar refractivity (Wildman–Crippen MR) is 117 cm³/mol. The van der Waals surface area contributed by atoms with Gasteiger partial charge >= 0.3 is 12.4 Å². The van der Waals surface area contributed by atoms with Gasteiger partial charge in [0.25, 0.3) is 5.56 Å². The normalized spacial score (nSPS) is 19.6. The van der Waals surface area contributed by atoms with Gasteiger partial charge in [-0.15, -0.1) is 0 Å². The molecule has 17 heteroatoms. The van der Waals surface area contributed by atoms with Crippen molar-refractivity contribution in [2.24, 2.45) is 0 Å². The molecule has 2 fully saturated rings. The monoisotopic (exact) mass is 546 g/mol. The standard InChI is InChI=1S/C21H20F6N8O3/c22-20(23,24)11-7-28-19(29-8-11)33-3-1-12-14(33)10-34(12)15(36)2-5-38-6-4-35-13-9-30-31-18(37)16(13)17(32-35)21(25,26)27/h7-9,12,14H,1-6,10H2,(H,31,37). The third kappa shape index (κ3) is 4.77. The highest BCUT2D eigenvalue weighted by molar-refractivity contribution is 5.80. The highest BCUT2D eigenvalue weighted by Gasteiger charge is 2.49. The van der Waals surface area contributed by atoms with Crippen molar-refractivity contribution in [2.75, 3.05) is 31.2 Å². The SMILES string of the molecule is O=C(CCOCCn1nc(C(F)(F)F)c2c(=O)[nH]ncc21)N1CC2C1CCN2c1ncc(C(F)(F)F)cn1. The van der Waals surface area contributed by atoms with Gasteiger partial charge in [0.2, 0.25) is 11.9 Å². The number of aromatic amines is 1. The molecule has 11 nitrogen and oxygen atoms in total. The predicted octanol–water partition coefficient (Wildman–Crippen LogP) is 1.84. The summed E-state index contributed by atoms with van der Waals surface area (Å²) in [5, 5.41) is 8.37. The number of hydrogen-bond acceptors (Lipinski definition) is 8. The number of likely N-dealkylation sites (tertiary alicyclic amines) is 1. The van der Waals surface area contributed by atoms with E-state index < -0.39 is 34.6 Å². The van der Waals surface area contributed by atoms with Crippen molar-refractivity contribution >= 4 is 22.8 Å². The minimum atomic E-state index is -4.82. The first-order valence-electron chi connectivity index (χ1n) is 11.5. The smallest absolute Gasteiger partial charge is 0.379 e. The Morgan fingerprint density at radius 2 is 1.79 bits per heavy atom. The van der Waals surface area contributed by atoms with Crippen molar-refractivity contribution in [1.82, 2.24) is 34.8 Å². The number of carbonyl (C=O) groups excluding carboxylic acids is 1. The highest BCUT2D eigenvalue weighted by Crippen LogP contribution is 2.36. The van der Waals surface area contributed by atoms with E-state index in [1.54, 1.807) is 9.80 Å². The Hall–Kier alpha value is -3.76. The maximum Gasteiger partial charge on any atom is 0.435 e. The van der Waals surface area contributed by atoms with Gasteiger partial charge in [-0.1, -0.05) is 0 Å². The molecule has 5 rings (SSSR count). The number of anilines is 1. The Kier molecular flexibility index (Phi) is 6.48. The zero-order valence-corrected chi connectivity index (χ0v) is 19.5. The number of amides is 1. The lowest BCUT2D eigenvalue weighted by atomic mass is 9.96. The van der Waals surface area contributed by atoms with Gasteiger partial charge in [0.15, 0.2) is 5.69 Å². The first-order valence-corrected chi connectivity index (χ1v) is 11.5. The number of nitrogens with one attached hydrogen (secondary N) is 1. The van der Waals surface area contributed by atoms with Crippen LogP contribution in [0.3, 0.4) is 0 Å². The van der Waals surface area contributed by atoms with Crippen LogP contribution in [0.2, 0.25) is 0 Å². The Morgan fingerprint density at radius 1 is 1.05 bits per heavy atom. The molecule has 3 aromatic rings. The number of nitrogens with zero attached hydrogens (tertiary/aromatic N) is 7. The second-order valence-electron chi connectivity index (χ2n) is 8.82. The van der Waals surface area contributed by atoms with Crippen molar-refractivity contribution in [3.8, 4) is 0 Å². The van der Waals surface area contributed by atoms with Crippen LogP contribution in [0.25, 0.3) is 10.9 Å². The molecule has 2 atom stereocenters. The summed E-state index contributed by atoms with van der Waals surface area (Å²) in [4.78, 5) is 35.6. The summed E-state index contributed by atoms with van der Waals surface area (Å²) in [6.45, 7) is 0.732. The zero-order valence-electron chi connectivity index (χ0n) is 19.5. The number of rotatable bonds is 7. The van der Waals surface area contributed by atoms with Gasteiger partial charge in [0.1, 0.15) is 5.39 Å². The molecule has 0 spiro atoms. The molecule has 0 aromatic carbocycles. The Bertz CT molecular complexity index is 1390. The van der Waals surface area contributed by atoms with E-state index >= 15 is 0 Å². The van der Waals surface area contributed by atoms with Crippen LogP contribution < -0.4 is 10.5 Å². The molecule has 0 aliphatic carbocycles. The van der Waals surface area contributed by atoms with Crippen LogP contribution in [0.15, 0.2) is 23.4 Å². The van der Waals surface area contributed by atoms with E-state index in [0.29, 0.717) is 19.5 Å². The fourth-order valence-corrected chi connectivity index (χ4v) is 4.73. The van der Waals surface area contributed by atoms with E-state index in [9.17, 15) is 35.9 Å². The lowest BCUT2D eigenvalue weighted by molar-refractivity contribution is -0.141. The number of carbonyl (C=O) groups is 1. The third-order valence-corrected chi connectivity index (χ3v) is 6.59. The summed E-state index contributed by atoms with van der Waals surface area (Å²) in [5.74, 6) is -0.000910. The minimum absolute atomic E-state index is 0.0165. The number of aromatic nitrogens is 6. The molecule has 1 amide bonds. The molecular weight excluding hydrogens is 526 g/mol. The lowest BCUT2D eigenvalue weighted by Crippen LogP contribution is -2.64. The van der Waals surface area contributed by atoms with Gasteiger partial charge in [0.05, 0.1) is 55.5 Å². The molecule has 0 radical (unpaired) electrons. The highest BCUT2D eigenvalue weighted by atomic mass is 19.4. The second-order valence-corrected chi connectivity index (χ2v) is 8.82. The summed E-state index contributed by atoms with van der Waals surface area (Å²) < 4.78 is 84.4. The molecule has 2 saturated heterocycles. The van der Waals surface area contributed by atoms with Crippen molar-refractivity contribution in [2.45, 2.75) is 43.8 Å². The van der Waals surface area contributed by atoms with Gasteiger partial charge < -0.3 is 14.5 Å². The molecule has 38 heavy (non-hydrogen) atoms. The van der Waals surface area contributed by atoms with Crippen LogP contribution in [-0.2, 0) is 28.4 Å². The molecule has 3 aromatic heterocycles. The number of ether oxygens (including phenoxy) is 1. The van der Waals surface area contributed by atoms with Gasteiger partial charge in [0, 0.05) is 25.5 Å². The Morgan fingerprint density at radius 3 is 2.47 bits per heavy atom. The lowest BCUT2D eigenvalue weighted by Gasteiger charge is -2.46. The van der Waals surface area contributed by atoms with E-state index in [2.05, 4.69) is 20.2 Å². The maximum atomic E-state index is 13.3. The van der Waals surface area contributed by atoms with Gasteiger partial charge in [-0.3, -0.25) is 14.3 Å². The molecule has 2 aliphatic heterocycles. The molecule has 2 unspecified atom stereocenters. The molecule has 5 heterocycles. The summed E-state index contributed by atoms with van der Waals surface area (Å²) in [6.07, 6.45) is -6.16. The average molecular weight is 546 g/mol. The number of fused-ring (bicyclic) bond motifs is 2. The minimum Gasteiger partial charge on any atom is -0.379 e. The van der Waals surface area contributed by atoms with Gasteiger partial charge in [-0.05, 0) is 6.42 Å². The van der Waals surface area contributed by atoms with Crippen molar-refractivity contribution in [1.29, 1.82) is 0 Å². The summed E-state index contributed by atoms with van der Waals surface area (Å²) >= 11 is 0. The van der Waals surface area contributed by atoms with E-state index in [4.69, 9.17) is 4.74 Å². The van der Waals surface area contributed by atoms with Crippen LogP contribution in [0.4, 0.5) is 32.3 Å². The molecule has 0 bridgehead atoms. The van der Waals surface area contributed by atoms with Gasteiger partial charge in [-0.25, -0.2) is 15.1 Å². The van der Waals surface area contributed by atoms with Crippen LogP contribution in [0.5, 0.6) is 0 Å². The fraction of sp³-hybridized carbons (Fsp3) is 0.524. The summed E-state index contributed by atoms with van der Waals surface area (Å²) in [5.41, 5.74) is -3.34. The van der Waals surface area contributed by atoms with Crippen LogP contribution in [0.1, 0.15) is 24.1 Å². The summed E-state index contributed by atoms with van der Waals surface area (Å²) in [7, 11) is 0. The van der Waals surface area contributed by atoms with Crippen LogP contribution in [-0.4, -0.2) is 79.1 Å². The Labute approximate surface area is 209 Å². The maximum absolute atomic E-state index is 13.3. The fourth-order valence-electron chi connectivity index (χ4n) is 4.73. The van der Waals surface area contributed by atoms with Gasteiger partial charge in [-0.2, -0.15) is 36.5 Å². The average Bonchev–Trinajstić information content (AvgIpc) is 3.37. The van der Waals surface area contributed by atoms with Crippen LogP contribution in [0, 0.1) is 0 Å². The second kappa shape index (κ2) is 9.52. The van der Waals surface area contributed by atoms with Crippen molar-refractivity contribution in [3.63, 3.8) is 0 Å². The topological polar surface area (TPSA) is 122 Å².